The number of carbonyl (C=O) groups is 6. The number of aliphatic carboxylic acids is 2. The quantitative estimate of drug-likeness (QED) is 0.0128. The summed E-state index contributed by atoms with van der Waals surface area (Å²) in [4.78, 5) is 80.1. The molecule has 0 bridgehead atoms. The number of H-pyrrole nitrogens is 1. The Morgan fingerprint density at radius 2 is 0.784 bits per heavy atom. The first-order chi connectivity index (χ1) is 55.9. The molecule has 0 aliphatic heterocycles. The molecule has 8 N–H and O–H groups in total. The fraction of sp³-hybridized carbons (Fsp3) is 0.391. The SMILES string of the molecule is CCN(CC)CC.CP(C)(=O)OC[C@@H](/C=C1\CCC[C@H]1C(=O)NCCc1c[nH]c2ccccc12)NC(=O)OCC1c2ccccc2-c2ccccc21.CP(C)(=O)OC[C@@H](/C=C1\CCC[C@H]1C(=O)O)NC(=O)OCC1c2ccccc2-c2ccccc21.O=C(N[C@H](/C=C1\CCC[C@H]1C(=O)O)CO)OCC1c2ccccc2-c2ccccc21. The number of amides is 4. The summed E-state index contributed by atoms with van der Waals surface area (Å²) in [6.07, 6.45) is 12.6. The number of aliphatic hydroxyl groups is 1. The van der Waals surface area contributed by atoms with E-state index in [0.29, 0.717) is 32.2 Å². The number of hydrogen-bond donors (Lipinski definition) is 8. The van der Waals surface area contributed by atoms with Gasteiger partial charge < -0.3 is 69.7 Å². The molecule has 8 aromatic rings. The first-order valence-electron chi connectivity index (χ1n) is 40.4. The maximum absolute atomic E-state index is 13.3. The maximum Gasteiger partial charge on any atom is 0.407 e. The smallest absolute Gasteiger partial charge is 0.407 e. The number of para-hydroxylation sites is 1. The Hall–Kier alpha value is -10.2. The van der Waals surface area contributed by atoms with Crippen molar-refractivity contribution in [3.05, 3.63) is 250 Å². The van der Waals surface area contributed by atoms with Gasteiger partial charge >= 0.3 is 30.2 Å². The van der Waals surface area contributed by atoms with Crippen molar-refractivity contribution in [3.8, 4) is 33.4 Å². The molecule has 6 atom stereocenters. The Morgan fingerprint density at radius 3 is 1.12 bits per heavy atom. The zero-order valence-electron chi connectivity index (χ0n) is 67.3. The Balaban J connectivity index is 0.000000167. The van der Waals surface area contributed by atoms with E-state index in [9.17, 15) is 53.2 Å². The third-order valence-corrected chi connectivity index (χ3v) is 23.9. The van der Waals surface area contributed by atoms with Crippen LogP contribution >= 0.6 is 14.7 Å². The van der Waals surface area contributed by atoms with E-state index in [1.165, 1.54) is 43.9 Å². The molecule has 6 aliphatic carbocycles. The van der Waals surface area contributed by atoms with E-state index in [2.05, 4.69) is 119 Å². The average molecular weight is 1620 g/mol. The number of aliphatic hydroxyl groups excluding tert-OH is 1. The number of aromatic amines is 1. The summed E-state index contributed by atoms with van der Waals surface area (Å²) < 4.78 is 52.5. The second-order valence-electron chi connectivity index (χ2n) is 30.8. The van der Waals surface area contributed by atoms with E-state index in [1.54, 1.807) is 25.5 Å². The topological polar surface area (TPSA) is 311 Å². The number of aromatic nitrogens is 1. The van der Waals surface area contributed by atoms with Crippen molar-refractivity contribution in [1.29, 1.82) is 0 Å². The van der Waals surface area contributed by atoms with E-state index in [-0.39, 0.29) is 69.2 Å². The molecule has 3 saturated carbocycles. The summed E-state index contributed by atoms with van der Waals surface area (Å²) in [6.45, 7) is 17.0. The summed E-state index contributed by atoms with van der Waals surface area (Å²) in [7, 11) is -5.59. The summed E-state index contributed by atoms with van der Waals surface area (Å²) >= 11 is 0. The number of fused-ring (bicyclic) bond motifs is 10. The monoisotopic (exact) mass is 1620 g/mol. The van der Waals surface area contributed by atoms with Gasteiger partial charge in [-0.05, 0) is 162 Å². The fourth-order valence-corrected chi connectivity index (χ4v) is 17.6. The number of carboxylic acids is 2. The van der Waals surface area contributed by atoms with Crippen molar-refractivity contribution in [3.63, 3.8) is 0 Å². The number of alkyl carbamates (subject to hydrolysis) is 3. The van der Waals surface area contributed by atoms with Gasteiger partial charge in [0.25, 0.3) is 0 Å². The lowest BCUT2D eigenvalue weighted by Gasteiger charge is -2.21. The molecule has 0 radical (unpaired) electrons. The van der Waals surface area contributed by atoms with Gasteiger partial charge in [0.15, 0.2) is 14.7 Å². The van der Waals surface area contributed by atoms with Crippen molar-refractivity contribution in [2.45, 2.75) is 121 Å². The highest BCUT2D eigenvalue weighted by molar-refractivity contribution is 7.57. The molecule has 0 saturated heterocycles. The molecule has 6 aliphatic rings. The van der Waals surface area contributed by atoms with Crippen LogP contribution in [0, 0.1) is 17.8 Å². The van der Waals surface area contributed by atoms with Crippen LogP contribution in [-0.2, 0) is 53.2 Å². The molecule has 22 nitrogen and oxygen atoms in total. The van der Waals surface area contributed by atoms with Gasteiger partial charge in [0, 0.05) is 68.1 Å². The number of ether oxygens (including phenoxy) is 3. The Labute approximate surface area is 680 Å². The van der Waals surface area contributed by atoms with Gasteiger partial charge in [0.1, 0.15) is 19.8 Å². The second kappa shape index (κ2) is 41.1. The molecule has 4 amide bonds. The number of carboxylic acid groups (broad SMARTS) is 2. The zero-order chi connectivity index (χ0) is 82.5. The Bertz CT molecular complexity index is 4820. The van der Waals surface area contributed by atoms with Crippen LogP contribution in [0.3, 0.4) is 0 Å². The predicted octanol–water partition coefficient (Wildman–Crippen LogP) is 17.3. The van der Waals surface area contributed by atoms with Crippen LogP contribution in [-0.4, -0.2) is 172 Å². The largest absolute Gasteiger partial charge is 0.481 e. The van der Waals surface area contributed by atoms with Crippen LogP contribution in [0.5, 0.6) is 0 Å². The standard InChI is InChI=1S/C36H40N3O5P.C26H30NO6P.C24H25NO5.C6H15N/c1-45(2,42)44-22-26(39-36(41)43-23-33-31-14-5-3-12-29(31)30-13-4-6-15-32(30)33)20-24-10-9-16-28(24)35(40)37-19-18-25-21-38-34-17-8-7-11-27(25)34;1-34(2,31)33-15-18(14-17-8-7-13-19(17)25(28)29)27-26(30)32-16-24-22-11-5-3-9-20(22)21-10-4-6-12-23(21)24;26-13-16(12-15-6-5-11-17(15)23(27)28)25-24(29)30-14-22-20-9-3-1-7-18(20)19-8-2-4-10-21(19)22;1-4-7(5-2)6-3/h3-8,11-15,17,20-21,26,28,33,38H,9-10,16,18-19,22-23H2,1-2H3,(H,37,40)(H,39,41);3-6,9-12,14,18-19,24H,7-8,13,15-16H2,1-2H3,(H,27,30)(H,28,29);1-4,7-10,12,16-17,22,26H,5-6,11,13-14H2,(H,25,29)(H,27,28);4-6H2,1-3H3/b24-20+;17-14+;15-12+;/t26-,28-;18-,19-;16-,17-;/m111./s1. The normalized spacial score (nSPS) is 18.3. The average Bonchev–Trinajstić information content (AvgIpc) is 1.63. The van der Waals surface area contributed by atoms with Gasteiger partial charge in [0.05, 0.1) is 55.7 Å². The van der Waals surface area contributed by atoms with Crippen LogP contribution in [0.15, 0.2) is 211 Å². The second-order valence-corrected chi connectivity index (χ2v) is 36.3. The van der Waals surface area contributed by atoms with Gasteiger partial charge in [-0.3, -0.25) is 23.5 Å². The van der Waals surface area contributed by atoms with Crippen molar-refractivity contribution >= 4 is 61.8 Å². The predicted molar refractivity (Wildman–Crippen MR) is 454 cm³/mol. The molecule has 14 rings (SSSR count). The molecule has 1 heterocycles. The lowest BCUT2D eigenvalue weighted by Crippen LogP contribution is -2.38. The summed E-state index contributed by atoms with van der Waals surface area (Å²) in [6, 6.07) is 55.0. The third kappa shape index (κ3) is 22.9. The summed E-state index contributed by atoms with van der Waals surface area (Å²) in [5.41, 5.74) is 18.4. The Kier molecular flexibility index (Phi) is 30.7. The summed E-state index contributed by atoms with van der Waals surface area (Å²) in [5, 5.41) is 41.0. The van der Waals surface area contributed by atoms with Crippen molar-refractivity contribution in [2.75, 3.05) is 92.5 Å². The van der Waals surface area contributed by atoms with E-state index in [4.69, 9.17) is 23.3 Å². The van der Waals surface area contributed by atoms with Gasteiger partial charge in [-0.25, -0.2) is 14.4 Å². The van der Waals surface area contributed by atoms with Crippen LogP contribution in [0.4, 0.5) is 14.4 Å². The van der Waals surface area contributed by atoms with Crippen molar-refractivity contribution in [2.24, 2.45) is 17.8 Å². The minimum absolute atomic E-state index is 0.0175. The lowest BCUT2D eigenvalue weighted by molar-refractivity contribution is -0.141. The van der Waals surface area contributed by atoms with Crippen molar-refractivity contribution < 1.29 is 76.5 Å². The molecule has 24 heteroatoms. The maximum atomic E-state index is 13.3. The van der Waals surface area contributed by atoms with Crippen LogP contribution in [0.25, 0.3) is 44.3 Å². The van der Waals surface area contributed by atoms with E-state index >= 15 is 0 Å². The van der Waals surface area contributed by atoms with Gasteiger partial charge in [-0.15, -0.1) is 0 Å². The van der Waals surface area contributed by atoms with Crippen molar-refractivity contribution in [1.82, 2.24) is 31.2 Å². The van der Waals surface area contributed by atoms with Gasteiger partial charge in [0.2, 0.25) is 5.91 Å². The van der Waals surface area contributed by atoms with Crippen LogP contribution in [0.2, 0.25) is 0 Å². The number of carbonyl (C=O) groups excluding carboxylic acids is 4. The summed E-state index contributed by atoms with van der Waals surface area (Å²) in [5.74, 6) is -3.31. The highest BCUT2D eigenvalue weighted by Crippen LogP contribution is 2.48. The first-order valence-corrected chi connectivity index (χ1v) is 45.4. The first kappa shape index (κ1) is 86.7. The van der Waals surface area contributed by atoms with E-state index < -0.39 is 74.9 Å². The van der Waals surface area contributed by atoms with Gasteiger partial charge in [-0.1, -0.05) is 220 Å². The number of hydrogen-bond acceptors (Lipinski definition) is 15. The molecular weight excluding hydrogens is 1510 g/mol. The lowest BCUT2D eigenvalue weighted by atomic mass is 9.98. The molecule has 7 aromatic carbocycles. The molecule has 614 valence electrons. The molecule has 0 spiro atoms. The fourth-order valence-electron chi connectivity index (χ4n) is 16.6. The number of nitrogens with one attached hydrogen (secondary N) is 5. The molecule has 1 aromatic heterocycles. The van der Waals surface area contributed by atoms with Crippen LogP contribution < -0.4 is 21.3 Å². The van der Waals surface area contributed by atoms with E-state index in [1.807, 2.05) is 115 Å². The molecule has 116 heavy (non-hydrogen) atoms. The molecule has 3 fully saturated rings. The third-order valence-electron chi connectivity index (χ3n) is 22.4. The van der Waals surface area contributed by atoms with Crippen LogP contribution in [0.1, 0.15) is 135 Å². The minimum Gasteiger partial charge on any atom is -0.481 e. The number of rotatable bonds is 28. The number of nitrogens with zero attached hydrogens (tertiary/aromatic N) is 1. The minimum atomic E-state index is -2.81. The van der Waals surface area contributed by atoms with E-state index in [0.717, 1.165) is 128 Å². The Morgan fingerprint density at radius 1 is 0.466 bits per heavy atom. The van der Waals surface area contributed by atoms with Gasteiger partial charge in [-0.2, -0.15) is 0 Å². The zero-order valence-corrected chi connectivity index (χ0v) is 69.1. The molecular formula is C92H110N6O16P2. The molecule has 0 unspecified atom stereocenters. The highest BCUT2D eigenvalue weighted by Gasteiger charge is 2.36. The highest BCUT2D eigenvalue weighted by atomic mass is 31.2. The number of benzene rings is 7.